The minimum absolute atomic E-state index is 0.126. The summed E-state index contributed by atoms with van der Waals surface area (Å²) >= 11 is 0. The van der Waals surface area contributed by atoms with Crippen LogP contribution in [0.4, 0.5) is 0 Å². The third-order valence-electron chi connectivity index (χ3n) is 5.04. The highest BCUT2D eigenvalue weighted by Gasteiger charge is 2.23. The van der Waals surface area contributed by atoms with Crippen LogP contribution >= 0.6 is 0 Å². The summed E-state index contributed by atoms with van der Waals surface area (Å²) in [6.45, 7) is 8.54. The Morgan fingerprint density at radius 2 is 2.04 bits per heavy atom. The first-order valence-corrected chi connectivity index (χ1v) is 9.60. The number of benzene rings is 1. The molecule has 1 aliphatic heterocycles. The molecule has 4 heteroatoms. The van der Waals surface area contributed by atoms with Crippen molar-refractivity contribution >= 4 is 11.8 Å². The molecule has 1 saturated heterocycles. The van der Waals surface area contributed by atoms with E-state index in [4.69, 9.17) is 0 Å². The Hall–Kier alpha value is -1.84. The topological polar surface area (TPSA) is 49.4 Å². The summed E-state index contributed by atoms with van der Waals surface area (Å²) in [7, 11) is 0. The molecule has 138 valence electrons. The van der Waals surface area contributed by atoms with E-state index in [0.29, 0.717) is 25.3 Å². The maximum atomic E-state index is 12.6. The second-order valence-electron chi connectivity index (χ2n) is 7.33. The lowest BCUT2D eigenvalue weighted by Gasteiger charge is -2.33. The number of carbonyl (C=O) groups is 2. The molecule has 0 spiro atoms. The second kappa shape index (κ2) is 9.59. The summed E-state index contributed by atoms with van der Waals surface area (Å²) in [5.74, 6) is 0.755. The Kier molecular flexibility index (Phi) is 7.48. The molecule has 2 rings (SSSR count). The van der Waals surface area contributed by atoms with Crippen molar-refractivity contribution < 1.29 is 9.59 Å². The number of amides is 2. The fourth-order valence-electron chi connectivity index (χ4n) is 3.56. The average molecular weight is 344 g/mol. The van der Waals surface area contributed by atoms with Gasteiger partial charge in [-0.05, 0) is 56.6 Å². The largest absolute Gasteiger partial charge is 0.356 e. The Morgan fingerprint density at radius 1 is 1.24 bits per heavy atom. The molecule has 1 fully saturated rings. The van der Waals surface area contributed by atoms with Crippen molar-refractivity contribution in [1.29, 1.82) is 0 Å². The van der Waals surface area contributed by atoms with Crippen LogP contribution in [-0.2, 0) is 16.0 Å². The van der Waals surface area contributed by atoms with Gasteiger partial charge in [-0.2, -0.15) is 0 Å². The summed E-state index contributed by atoms with van der Waals surface area (Å²) in [5, 5.41) is 3.01. The van der Waals surface area contributed by atoms with Gasteiger partial charge in [-0.25, -0.2) is 0 Å². The fraction of sp³-hybridized carbons (Fsp3) is 0.619. The zero-order valence-electron chi connectivity index (χ0n) is 15.9. The van der Waals surface area contributed by atoms with E-state index in [-0.39, 0.29) is 11.8 Å². The lowest BCUT2D eigenvalue weighted by molar-refractivity contribution is -0.132. The normalized spacial score (nSPS) is 17.4. The predicted octanol–water partition coefficient (Wildman–Crippen LogP) is 3.39. The van der Waals surface area contributed by atoms with Crippen LogP contribution in [0.1, 0.15) is 55.7 Å². The van der Waals surface area contributed by atoms with Crippen molar-refractivity contribution in [3.8, 4) is 0 Å². The molecule has 0 bridgehead atoms. The second-order valence-corrected chi connectivity index (χ2v) is 7.33. The zero-order valence-corrected chi connectivity index (χ0v) is 15.9. The summed E-state index contributed by atoms with van der Waals surface area (Å²) < 4.78 is 0. The summed E-state index contributed by atoms with van der Waals surface area (Å²) in [6.07, 6.45) is 4.96. The third-order valence-corrected chi connectivity index (χ3v) is 5.04. The van der Waals surface area contributed by atoms with Crippen LogP contribution in [0, 0.1) is 19.8 Å². The minimum atomic E-state index is 0.126. The van der Waals surface area contributed by atoms with Gasteiger partial charge in [0.05, 0.1) is 0 Å². The molecule has 0 aromatic heterocycles. The maximum Gasteiger partial charge on any atom is 0.222 e. The monoisotopic (exact) mass is 344 g/mol. The molecule has 0 radical (unpaired) electrons. The summed E-state index contributed by atoms with van der Waals surface area (Å²) in [4.78, 5) is 26.2. The number of hydrogen-bond donors (Lipinski definition) is 1. The number of carbonyl (C=O) groups excluding carboxylic acids is 2. The van der Waals surface area contributed by atoms with Gasteiger partial charge in [-0.15, -0.1) is 0 Å². The van der Waals surface area contributed by atoms with Crippen LogP contribution in [-0.4, -0.2) is 36.3 Å². The van der Waals surface area contributed by atoms with E-state index in [1.165, 1.54) is 16.7 Å². The van der Waals surface area contributed by atoms with Crippen LogP contribution in [0.2, 0.25) is 0 Å². The standard InChI is InChI=1S/C21H32N2O2/c1-4-6-20(24)22-14-18-7-5-12-23(15-18)21(25)11-10-19-9-8-16(2)13-17(19)3/h8-9,13,18H,4-7,10-12,14-15H2,1-3H3,(H,22,24). The first-order valence-electron chi connectivity index (χ1n) is 9.60. The Labute approximate surface area is 152 Å². The van der Waals surface area contributed by atoms with Crippen LogP contribution < -0.4 is 5.32 Å². The van der Waals surface area contributed by atoms with Gasteiger partial charge in [0.25, 0.3) is 0 Å². The Balaban J connectivity index is 1.79. The third kappa shape index (κ3) is 6.18. The van der Waals surface area contributed by atoms with E-state index in [1.807, 2.05) is 11.8 Å². The van der Waals surface area contributed by atoms with E-state index in [1.54, 1.807) is 0 Å². The van der Waals surface area contributed by atoms with E-state index >= 15 is 0 Å². The molecule has 1 aliphatic rings. The molecule has 4 nitrogen and oxygen atoms in total. The van der Waals surface area contributed by atoms with Crippen molar-refractivity contribution in [1.82, 2.24) is 10.2 Å². The first kappa shape index (κ1) is 19.5. The van der Waals surface area contributed by atoms with Crippen molar-refractivity contribution in [3.05, 3.63) is 34.9 Å². The van der Waals surface area contributed by atoms with Gasteiger partial charge in [0.1, 0.15) is 0 Å². The molecule has 25 heavy (non-hydrogen) atoms. The lowest BCUT2D eigenvalue weighted by atomic mass is 9.96. The lowest BCUT2D eigenvalue weighted by Crippen LogP contribution is -2.43. The van der Waals surface area contributed by atoms with Crippen molar-refractivity contribution in [2.45, 2.75) is 59.3 Å². The highest BCUT2D eigenvalue weighted by atomic mass is 16.2. The van der Waals surface area contributed by atoms with E-state index < -0.39 is 0 Å². The molecular weight excluding hydrogens is 312 g/mol. The van der Waals surface area contributed by atoms with Crippen LogP contribution in [0.3, 0.4) is 0 Å². The molecule has 2 amide bonds. The molecule has 0 aliphatic carbocycles. The molecule has 1 atom stereocenters. The molecular formula is C21H32N2O2. The van der Waals surface area contributed by atoms with Crippen LogP contribution in [0.25, 0.3) is 0 Å². The number of likely N-dealkylation sites (tertiary alicyclic amines) is 1. The average Bonchev–Trinajstić information content (AvgIpc) is 2.59. The fourth-order valence-corrected chi connectivity index (χ4v) is 3.56. The number of nitrogens with one attached hydrogen (secondary N) is 1. The summed E-state index contributed by atoms with van der Waals surface area (Å²) in [5.41, 5.74) is 3.79. The Morgan fingerprint density at radius 3 is 2.76 bits per heavy atom. The van der Waals surface area contributed by atoms with Crippen molar-refractivity contribution in [2.75, 3.05) is 19.6 Å². The molecule has 0 saturated carbocycles. The maximum absolute atomic E-state index is 12.6. The van der Waals surface area contributed by atoms with Gasteiger partial charge in [-0.3, -0.25) is 9.59 Å². The van der Waals surface area contributed by atoms with Crippen molar-refractivity contribution in [2.24, 2.45) is 5.92 Å². The molecule has 1 aromatic rings. The number of aryl methyl sites for hydroxylation is 3. The predicted molar refractivity (Wildman–Crippen MR) is 101 cm³/mol. The molecule has 1 aromatic carbocycles. The smallest absolute Gasteiger partial charge is 0.222 e. The highest BCUT2D eigenvalue weighted by Crippen LogP contribution is 2.18. The number of piperidine rings is 1. The molecule has 1 N–H and O–H groups in total. The van der Waals surface area contributed by atoms with E-state index in [2.05, 4.69) is 37.4 Å². The first-order chi connectivity index (χ1) is 12.0. The summed E-state index contributed by atoms with van der Waals surface area (Å²) in [6, 6.07) is 6.43. The quantitative estimate of drug-likeness (QED) is 0.824. The van der Waals surface area contributed by atoms with Gasteiger partial charge >= 0.3 is 0 Å². The van der Waals surface area contributed by atoms with Gasteiger partial charge in [0.2, 0.25) is 11.8 Å². The van der Waals surface area contributed by atoms with Gasteiger partial charge in [-0.1, -0.05) is 30.7 Å². The molecule has 1 heterocycles. The zero-order chi connectivity index (χ0) is 18.2. The van der Waals surface area contributed by atoms with E-state index in [0.717, 1.165) is 38.8 Å². The molecule has 1 unspecified atom stereocenters. The van der Waals surface area contributed by atoms with Crippen molar-refractivity contribution in [3.63, 3.8) is 0 Å². The number of nitrogens with zero attached hydrogens (tertiary/aromatic N) is 1. The van der Waals surface area contributed by atoms with Crippen LogP contribution in [0.15, 0.2) is 18.2 Å². The SMILES string of the molecule is CCCC(=O)NCC1CCCN(C(=O)CCc2ccc(C)cc2C)C1. The van der Waals surface area contributed by atoms with Crippen LogP contribution in [0.5, 0.6) is 0 Å². The van der Waals surface area contributed by atoms with Gasteiger partial charge < -0.3 is 10.2 Å². The van der Waals surface area contributed by atoms with E-state index in [9.17, 15) is 9.59 Å². The number of hydrogen-bond acceptors (Lipinski definition) is 2. The Bertz CT molecular complexity index is 598. The minimum Gasteiger partial charge on any atom is -0.356 e. The van der Waals surface area contributed by atoms with Gasteiger partial charge in [0, 0.05) is 32.5 Å². The number of rotatable bonds is 7. The highest BCUT2D eigenvalue weighted by molar-refractivity contribution is 5.77. The van der Waals surface area contributed by atoms with Gasteiger partial charge in [0.15, 0.2) is 0 Å².